The maximum atomic E-state index is 12.7. The number of carbonyl (C=O) groups is 2. The van der Waals surface area contributed by atoms with E-state index < -0.39 is 5.97 Å². The van der Waals surface area contributed by atoms with Gasteiger partial charge in [0.2, 0.25) is 5.91 Å². The fourth-order valence-corrected chi connectivity index (χ4v) is 3.20. The summed E-state index contributed by atoms with van der Waals surface area (Å²) in [7, 11) is 0. The lowest BCUT2D eigenvalue weighted by atomic mass is 10.1. The van der Waals surface area contributed by atoms with Gasteiger partial charge >= 0.3 is 5.97 Å². The van der Waals surface area contributed by atoms with Crippen molar-refractivity contribution in [1.82, 2.24) is 9.88 Å². The number of carbonyl (C=O) groups excluding carboxylic acids is 1. The summed E-state index contributed by atoms with van der Waals surface area (Å²) in [4.78, 5) is 29.7. The van der Waals surface area contributed by atoms with Crippen molar-refractivity contribution in [2.45, 2.75) is 25.3 Å². The number of aliphatic carboxylic acids is 1. The van der Waals surface area contributed by atoms with E-state index in [1.54, 1.807) is 17.2 Å². The number of benzene rings is 1. The lowest BCUT2D eigenvalue weighted by Gasteiger charge is -2.33. The molecule has 1 aliphatic heterocycles. The summed E-state index contributed by atoms with van der Waals surface area (Å²) in [5.74, 6) is -1.08. The molecule has 1 saturated heterocycles. The predicted molar refractivity (Wildman–Crippen MR) is 98.6 cm³/mol. The Morgan fingerprint density at radius 3 is 2.77 bits per heavy atom. The summed E-state index contributed by atoms with van der Waals surface area (Å²) < 4.78 is 5.35. The van der Waals surface area contributed by atoms with Gasteiger partial charge in [-0.25, -0.2) is 0 Å². The van der Waals surface area contributed by atoms with Gasteiger partial charge in [0, 0.05) is 49.0 Å². The summed E-state index contributed by atoms with van der Waals surface area (Å²) in [5.41, 5.74) is 1.70. The molecule has 0 spiro atoms. The molecule has 1 aromatic carbocycles. The van der Waals surface area contributed by atoms with Crippen molar-refractivity contribution in [2.24, 2.45) is 0 Å². The monoisotopic (exact) mass is 354 g/mol. The van der Waals surface area contributed by atoms with Crippen molar-refractivity contribution in [2.75, 3.05) is 19.8 Å². The lowest BCUT2D eigenvalue weighted by Crippen LogP contribution is -2.43. The Balaban J connectivity index is 1.79. The number of hydrogen-bond acceptors (Lipinski definition) is 4. The van der Waals surface area contributed by atoms with E-state index in [0.29, 0.717) is 13.2 Å². The fraction of sp³-hybridized carbons (Fsp3) is 0.350. The van der Waals surface area contributed by atoms with E-state index in [2.05, 4.69) is 4.98 Å². The minimum atomic E-state index is -0.905. The molecule has 0 bridgehead atoms. The summed E-state index contributed by atoms with van der Waals surface area (Å²) in [5, 5.41) is 9.99. The van der Waals surface area contributed by atoms with Crippen LogP contribution in [0.1, 0.15) is 24.8 Å². The van der Waals surface area contributed by atoms with E-state index in [1.807, 2.05) is 30.3 Å². The van der Waals surface area contributed by atoms with Crippen LogP contribution in [-0.2, 0) is 14.3 Å². The van der Waals surface area contributed by atoms with Gasteiger partial charge < -0.3 is 14.7 Å². The van der Waals surface area contributed by atoms with Crippen molar-refractivity contribution in [1.29, 1.82) is 0 Å². The molecule has 0 saturated carbocycles. The average Bonchev–Trinajstić information content (AvgIpc) is 2.67. The molecule has 0 aliphatic carbocycles. The van der Waals surface area contributed by atoms with Crippen molar-refractivity contribution in [3.63, 3.8) is 0 Å². The zero-order valence-electron chi connectivity index (χ0n) is 14.5. The number of rotatable bonds is 6. The van der Waals surface area contributed by atoms with E-state index in [-0.39, 0.29) is 24.9 Å². The number of pyridine rings is 1. The minimum absolute atomic E-state index is 0.0193. The van der Waals surface area contributed by atoms with Gasteiger partial charge in [-0.2, -0.15) is 0 Å². The third kappa shape index (κ3) is 4.46. The molecule has 3 rings (SSSR count). The lowest BCUT2D eigenvalue weighted by molar-refractivity contribution is -0.138. The van der Waals surface area contributed by atoms with Gasteiger partial charge in [0.1, 0.15) is 0 Å². The van der Waals surface area contributed by atoms with Crippen molar-refractivity contribution in [3.8, 4) is 0 Å². The number of amides is 1. The predicted octanol–water partition coefficient (Wildman–Crippen LogP) is 2.73. The van der Waals surface area contributed by atoms with E-state index in [0.717, 1.165) is 29.3 Å². The molecule has 1 fully saturated rings. The average molecular weight is 354 g/mol. The number of carboxylic acids is 1. The van der Waals surface area contributed by atoms with Crippen LogP contribution in [-0.4, -0.2) is 52.7 Å². The molecule has 2 aromatic rings. The number of fused-ring (bicyclic) bond motifs is 1. The minimum Gasteiger partial charge on any atom is -0.481 e. The van der Waals surface area contributed by atoms with E-state index in [4.69, 9.17) is 9.84 Å². The number of hydrogen-bond donors (Lipinski definition) is 1. The molecule has 1 amide bonds. The van der Waals surface area contributed by atoms with E-state index in [9.17, 15) is 9.59 Å². The molecule has 1 aliphatic rings. The molecule has 6 nitrogen and oxygen atoms in total. The Labute approximate surface area is 152 Å². The molecule has 6 heteroatoms. The Morgan fingerprint density at radius 2 is 2.00 bits per heavy atom. The molecule has 1 N–H and O–H groups in total. The van der Waals surface area contributed by atoms with Crippen LogP contribution in [0.15, 0.2) is 42.6 Å². The normalized spacial score (nSPS) is 15.4. The van der Waals surface area contributed by atoms with Crippen molar-refractivity contribution in [3.05, 3.63) is 48.2 Å². The molecule has 1 aromatic heterocycles. The highest BCUT2D eigenvalue weighted by molar-refractivity contribution is 5.95. The largest absolute Gasteiger partial charge is 0.481 e. The van der Waals surface area contributed by atoms with Crippen molar-refractivity contribution >= 4 is 28.9 Å². The van der Waals surface area contributed by atoms with Gasteiger partial charge in [-0.1, -0.05) is 24.3 Å². The topological polar surface area (TPSA) is 79.7 Å². The van der Waals surface area contributed by atoms with Crippen LogP contribution in [0.5, 0.6) is 0 Å². The second kappa shape index (κ2) is 8.58. The molecule has 0 atom stereocenters. The molecule has 0 radical (unpaired) electrons. The van der Waals surface area contributed by atoms with Gasteiger partial charge in [-0.15, -0.1) is 0 Å². The van der Waals surface area contributed by atoms with Crippen LogP contribution in [0.4, 0.5) is 0 Å². The second-order valence-electron chi connectivity index (χ2n) is 6.27. The number of nitrogens with zero attached hydrogens (tertiary/aromatic N) is 2. The van der Waals surface area contributed by atoms with Gasteiger partial charge in [0.25, 0.3) is 0 Å². The van der Waals surface area contributed by atoms with E-state index >= 15 is 0 Å². The summed E-state index contributed by atoms with van der Waals surface area (Å²) in [6.07, 6.45) is 6.39. The van der Waals surface area contributed by atoms with Crippen LogP contribution < -0.4 is 0 Å². The molecule has 2 heterocycles. The molecule has 136 valence electrons. The van der Waals surface area contributed by atoms with Crippen LogP contribution >= 0.6 is 0 Å². The molecular weight excluding hydrogens is 332 g/mol. The molecular formula is C20H22N2O4. The standard InChI is InChI=1S/C20H22N2O4/c23-18(22(12-8-19(24)25)17-9-13-26-14-10-17)7-6-16-4-1-3-15-5-2-11-21-20(15)16/h1-7,11,17H,8-10,12-14H2,(H,24,25). The van der Waals surface area contributed by atoms with Gasteiger partial charge in [-0.3, -0.25) is 14.6 Å². The molecule has 26 heavy (non-hydrogen) atoms. The van der Waals surface area contributed by atoms with Crippen LogP contribution in [0, 0.1) is 0 Å². The van der Waals surface area contributed by atoms with Crippen molar-refractivity contribution < 1.29 is 19.4 Å². The summed E-state index contributed by atoms with van der Waals surface area (Å²) in [6.45, 7) is 1.40. The fourth-order valence-electron chi connectivity index (χ4n) is 3.20. The number of ether oxygens (including phenoxy) is 1. The Morgan fingerprint density at radius 1 is 1.23 bits per heavy atom. The SMILES string of the molecule is O=C(O)CCN(C(=O)C=Cc1cccc2cccnc12)C1CCOCC1. The quantitative estimate of drug-likeness (QED) is 0.807. The van der Waals surface area contributed by atoms with Crippen LogP contribution in [0.3, 0.4) is 0 Å². The first kappa shape index (κ1) is 18.1. The Hall–Kier alpha value is -2.73. The second-order valence-corrected chi connectivity index (χ2v) is 6.27. The number of aromatic nitrogens is 1. The summed E-state index contributed by atoms with van der Waals surface area (Å²) >= 11 is 0. The Kier molecular flexibility index (Phi) is 5.96. The van der Waals surface area contributed by atoms with Crippen LogP contribution in [0.25, 0.3) is 17.0 Å². The van der Waals surface area contributed by atoms with Crippen LogP contribution in [0.2, 0.25) is 0 Å². The zero-order valence-corrected chi connectivity index (χ0v) is 14.5. The highest BCUT2D eigenvalue weighted by Gasteiger charge is 2.24. The number of para-hydroxylation sites is 1. The molecule has 0 unspecified atom stereocenters. The van der Waals surface area contributed by atoms with Gasteiger partial charge in [-0.05, 0) is 25.0 Å². The maximum Gasteiger partial charge on any atom is 0.305 e. The van der Waals surface area contributed by atoms with E-state index in [1.165, 1.54) is 6.08 Å². The zero-order chi connectivity index (χ0) is 18.4. The third-order valence-electron chi connectivity index (χ3n) is 4.55. The smallest absolute Gasteiger partial charge is 0.305 e. The first-order valence-electron chi connectivity index (χ1n) is 8.77. The maximum absolute atomic E-state index is 12.7. The summed E-state index contributed by atoms with van der Waals surface area (Å²) in [6, 6.07) is 9.68. The first-order chi connectivity index (χ1) is 12.6. The Bertz CT molecular complexity index is 807. The highest BCUT2D eigenvalue weighted by Crippen LogP contribution is 2.19. The first-order valence-corrected chi connectivity index (χ1v) is 8.77. The van der Waals surface area contributed by atoms with Gasteiger partial charge in [0.15, 0.2) is 0 Å². The third-order valence-corrected chi connectivity index (χ3v) is 4.55. The highest BCUT2D eigenvalue weighted by atomic mass is 16.5. The van der Waals surface area contributed by atoms with Gasteiger partial charge in [0.05, 0.1) is 11.9 Å². The number of carboxylic acid groups (broad SMARTS) is 1.